The average molecular weight is 318 g/mol. The molecule has 0 N–H and O–H groups in total. The van der Waals surface area contributed by atoms with Crippen LogP contribution < -0.4 is 0 Å². The molecular weight excluding hydrogens is 308 g/mol. The molecule has 2 rings (SSSR count). The minimum Gasteiger partial charge on any atom is -0.224 e. The third kappa shape index (κ3) is 3.24. The Morgan fingerprint density at radius 3 is 1.86 bits per heavy atom. The number of halogens is 4. The van der Waals surface area contributed by atoms with E-state index in [0.29, 0.717) is 12.1 Å². The third-order valence-corrected chi connectivity index (χ3v) is 4.59. The van der Waals surface area contributed by atoms with Crippen LogP contribution in [0.3, 0.4) is 0 Å². The first-order valence-electron chi connectivity index (χ1n) is 5.83. The van der Waals surface area contributed by atoms with Crippen molar-refractivity contribution in [2.45, 2.75) is 16.6 Å². The minimum atomic E-state index is -4.55. The summed E-state index contributed by atoms with van der Waals surface area (Å²) < 4.78 is 75.4. The molecule has 0 bridgehead atoms. The van der Waals surface area contributed by atoms with Crippen molar-refractivity contribution in [1.29, 1.82) is 0 Å². The van der Waals surface area contributed by atoms with Crippen LogP contribution in [0.25, 0.3) is 0 Å². The van der Waals surface area contributed by atoms with E-state index in [-0.39, 0.29) is 10.5 Å². The maximum atomic E-state index is 14.2. The van der Waals surface area contributed by atoms with Crippen LogP contribution in [-0.2, 0) is 16.0 Å². The Labute approximate surface area is 119 Å². The summed E-state index contributed by atoms with van der Waals surface area (Å²) in [6, 6.07) is 9.87. The molecule has 0 saturated heterocycles. The first-order valence-corrected chi connectivity index (χ1v) is 7.38. The molecule has 0 aliphatic rings. The second-order valence-electron chi connectivity index (χ2n) is 4.29. The van der Waals surface area contributed by atoms with E-state index < -0.39 is 27.1 Å². The highest BCUT2D eigenvalue weighted by Gasteiger charge is 2.32. The fraction of sp³-hybridized carbons (Fsp3) is 0.143. The lowest BCUT2D eigenvalue weighted by atomic mass is 10.1. The number of alkyl halides is 4. The monoisotopic (exact) mass is 318 g/mol. The highest BCUT2D eigenvalue weighted by Crippen LogP contribution is 2.33. The number of hydrogen-bond donors (Lipinski definition) is 0. The third-order valence-electron chi connectivity index (χ3n) is 2.84. The van der Waals surface area contributed by atoms with Gasteiger partial charge in [0.15, 0.2) is 0 Å². The van der Waals surface area contributed by atoms with Gasteiger partial charge in [-0.25, -0.2) is 12.8 Å². The fourth-order valence-corrected chi connectivity index (χ4v) is 3.02. The first kappa shape index (κ1) is 15.5. The predicted octanol–water partition coefficient (Wildman–Crippen LogP) is 4.15. The molecule has 0 aliphatic heterocycles. The van der Waals surface area contributed by atoms with Gasteiger partial charge in [0.25, 0.3) is 0 Å². The van der Waals surface area contributed by atoms with E-state index in [4.69, 9.17) is 0 Å². The quantitative estimate of drug-likeness (QED) is 0.797. The van der Waals surface area contributed by atoms with Gasteiger partial charge >= 0.3 is 6.18 Å². The Morgan fingerprint density at radius 1 is 0.857 bits per heavy atom. The molecule has 1 unspecified atom stereocenters. The van der Waals surface area contributed by atoms with Crippen molar-refractivity contribution >= 4 is 9.84 Å². The van der Waals surface area contributed by atoms with Crippen molar-refractivity contribution in [3.63, 3.8) is 0 Å². The topological polar surface area (TPSA) is 34.1 Å². The number of rotatable bonds is 3. The van der Waals surface area contributed by atoms with Gasteiger partial charge in [0.05, 0.1) is 10.5 Å². The van der Waals surface area contributed by atoms with Gasteiger partial charge < -0.3 is 0 Å². The standard InChI is InChI=1S/C14H10F4O2S/c15-13(21(19,20)12-4-2-1-3-5-12)10-6-8-11(9-7-10)14(16,17)18/h1-9,13H. The summed E-state index contributed by atoms with van der Waals surface area (Å²) in [5.41, 5.74) is -3.72. The summed E-state index contributed by atoms with van der Waals surface area (Å²) >= 11 is 0. The molecule has 0 amide bonds. The van der Waals surface area contributed by atoms with E-state index in [0.717, 1.165) is 12.1 Å². The van der Waals surface area contributed by atoms with Crippen molar-refractivity contribution in [1.82, 2.24) is 0 Å². The SMILES string of the molecule is O=S(=O)(c1ccccc1)C(F)c1ccc(C(F)(F)F)cc1. The summed E-state index contributed by atoms with van der Waals surface area (Å²) in [6.45, 7) is 0. The van der Waals surface area contributed by atoms with Crippen LogP contribution in [0.2, 0.25) is 0 Å². The molecule has 2 aromatic rings. The van der Waals surface area contributed by atoms with Gasteiger partial charge in [0, 0.05) is 5.56 Å². The van der Waals surface area contributed by atoms with Crippen molar-refractivity contribution in [3.05, 3.63) is 65.7 Å². The van der Waals surface area contributed by atoms with Crippen molar-refractivity contribution < 1.29 is 26.0 Å². The first-order chi connectivity index (χ1) is 9.73. The molecule has 0 radical (unpaired) electrons. The Balaban J connectivity index is 2.34. The number of benzene rings is 2. The molecule has 2 aromatic carbocycles. The van der Waals surface area contributed by atoms with Crippen LogP contribution in [0.4, 0.5) is 17.6 Å². The molecule has 0 aromatic heterocycles. The summed E-state index contributed by atoms with van der Waals surface area (Å²) in [5, 5.41) is 0. The Hall–Kier alpha value is -1.89. The summed E-state index contributed by atoms with van der Waals surface area (Å²) in [5.74, 6) is 0. The van der Waals surface area contributed by atoms with Gasteiger partial charge in [-0.2, -0.15) is 13.2 Å². The number of sulfone groups is 1. The van der Waals surface area contributed by atoms with Crippen molar-refractivity contribution in [2.24, 2.45) is 0 Å². The fourth-order valence-electron chi connectivity index (χ4n) is 1.73. The highest BCUT2D eigenvalue weighted by molar-refractivity contribution is 7.91. The summed E-state index contributed by atoms with van der Waals surface area (Å²) in [4.78, 5) is -0.225. The lowest BCUT2D eigenvalue weighted by molar-refractivity contribution is -0.137. The van der Waals surface area contributed by atoms with Crippen molar-refractivity contribution in [2.75, 3.05) is 0 Å². The van der Waals surface area contributed by atoms with Crippen LogP contribution >= 0.6 is 0 Å². The van der Waals surface area contributed by atoms with Gasteiger partial charge in [-0.1, -0.05) is 30.3 Å². The minimum absolute atomic E-state index is 0.225. The normalized spacial score (nSPS) is 13.9. The Morgan fingerprint density at radius 2 is 1.38 bits per heavy atom. The summed E-state index contributed by atoms with van der Waals surface area (Å²) in [7, 11) is -4.29. The smallest absolute Gasteiger partial charge is 0.224 e. The van der Waals surface area contributed by atoms with Gasteiger partial charge in [0.1, 0.15) is 0 Å². The van der Waals surface area contributed by atoms with E-state index in [1.54, 1.807) is 6.07 Å². The number of hydrogen-bond acceptors (Lipinski definition) is 2. The molecule has 0 heterocycles. The van der Waals surface area contributed by atoms with Crippen LogP contribution in [0.15, 0.2) is 59.5 Å². The maximum absolute atomic E-state index is 14.2. The Bertz CT molecular complexity index is 707. The zero-order chi connectivity index (χ0) is 15.7. The molecule has 0 fully saturated rings. The average Bonchev–Trinajstić information content (AvgIpc) is 2.46. The zero-order valence-electron chi connectivity index (χ0n) is 10.5. The lowest BCUT2D eigenvalue weighted by Crippen LogP contribution is -2.10. The van der Waals surface area contributed by atoms with Crippen LogP contribution in [0.1, 0.15) is 16.6 Å². The highest BCUT2D eigenvalue weighted by atomic mass is 32.2. The second-order valence-corrected chi connectivity index (χ2v) is 6.27. The molecule has 21 heavy (non-hydrogen) atoms. The summed E-state index contributed by atoms with van der Waals surface area (Å²) in [6.07, 6.45) is -4.55. The van der Waals surface area contributed by atoms with Crippen molar-refractivity contribution in [3.8, 4) is 0 Å². The van der Waals surface area contributed by atoms with E-state index in [2.05, 4.69) is 0 Å². The van der Waals surface area contributed by atoms with Gasteiger partial charge in [-0.3, -0.25) is 0 Å². The molecule has 7 heteroatoms. The Kier molecular flexibility index (Phi) is 4.04. The lowest BCUT2D eigenvalue weighted by Gasteiger charge is -2.12. The van der Waals surface area contributed by atoms with Crippen LogP contribution in [-0.4, -0.2) is 8.42 Å². The van der Waals surface area contributed by atoms with E-state index in [1.807, 2.05) is 0 Å². The molecule has 1 atom stereocenters. The van der Waals surface area contributed by atoms with Gasteiger partial charge in [0.2, 0.25) is 15.3 Å². The van der Waals surface area contributed by atoms with E-state index >= 15 is 0 Å². The molecule has 112 valence electrons. The second kappa shape index (κ2) is 5.48. The maximum Gasteiger partial charge on any atom is 0.416 e. The molecule has 2 nitrogen and oxygen atoms in total. The molecule has 0 aliphatic carbocycles. The molecular formula is C14H10F4O2S. The van der Waals surface area contributed by atoms with Gasteiger partial charge in [-0.05, 0) is 24.3 Å². The zero-order valence-corrected chi connectivity index (χ0v) is 11.3. The predicted molar refractivity (Wildman–Crippen MR) is 68.9 cm³/mol. The van der Waals surface area contributed by atoms with Crippen LogP contribution in [0, 0.1) is 0 Å². The van der Waals surface area contributed by atoms with Crippen LogP contribution in [0.5, 0.6) is 0 Å². The molecule has 0 saturated carbocycles. The van der Waals surface area contributed by atoms with E-state index in [1.165, 1.54) is 24.3 Å². The van der Waals surface area contributed by atoms with E-state index in [9.17, 15) is 26.0 Å². The van der Waals surface area contributed by atoms with Gasteiger partial charge in [-0.15, -0.1) is 0 Å². The molecule has 0 spiro atoms. The largest absolute Gasteiger partial charge is 0.416 e.